The second kappa shape index (κ2) is 3.26. The van der Waals surface area contributed by atoms with Crippen LogP contribution >= 0.6 is 0 Å². The molecule has 0 atom stereocenters. The Bertz CT molecular complexity index is 299. The molecule has 12 heavy (non-hydrogen) atoms. The SMILES string of the molecule is C1=CC=CC(c2ccc[nH]2)C=C1. The van der Waals surface area contributed by atoms with E-state index in [2.05, 4.69) is 35.4 Å². The highest BCUT2D eigenvalue weighted by Crippen LogP contribution is 2.18. The zero-order valence-corrected chi connectivity index (χ0v) is 6.77. The Labute approximate surface area is 72.1 Å². The van der Waals surface area contributed by atoms with Crippen LogP contribution in [0.3, 0.4) is 0 Å². The van der Waals surface area contributed by atoms with Gasteiger partial charge in [-0.3, -0.25) is 0 Å². The number of hydrogen-bond donors (Lipinski definition) is 1. The minimum absolute atomic E-state index is 0.398. The smallest absolute Gasteiger partial charge is 0.0356 e. The predicted octanol–water partition coefficient (Wildman–Crippen LogP) is 2.78. The lowest BCUT2D eigenvalue weighted by atomic mass is 10.1. The number of hydrogen-bond acceptors (Lipinski definition) is 0. The fraction of sp³-hybridized carbons (Fsp3) is 0.0909. The van der Waals surface area contributed by atoms with Gasteiger partial charge in [0.25, 0.3) is 0 Å². The number of aromatic nitrogens is 1. The maximum atomic E-state index is 3.20. The van der Waals surface area contributed by atoms with E-state index in [0.29, 0.717) is 5.92 Å². The van der Waals surface area contributed by atoms with Gasteiger partial charge in [0.2, 0.25) is 0 Å². The van der Waals surface area contributed by atoms with Crippen LogP contribution in [0.2, 0.25) is 0 Å². The Morgan fingerprint density at radius 3 is 2.33 bits per heavy atom. The molecule has 0 aromatic carbocycles. The number of H-pyrrole nitrogens is 1. The van der Waals surface area contributed by atoms with Gasteiger partial charge in [-0.2, -0.15) is 0 Å². The van der Waals surface area contributed by atoms with Crippen molar-refractivity contribution in [2.75, 3.05) is 0 Å². The number of aromatic amines is 1. The minimum atomic E-state index is 0.398. The van der Waals surface area contributed by atoms with Crippen LogP contribution < -0.4 is 0 Å². The Hall–Kier alpha value is -1.50. The molecule has 1 N–H and O–H groups in total. The lowest BCUT2D eigenvalue weighted by molar-refractivity contribution is 1.02. The van der Waals surface area contributed by atoms with Crippen LogP contribution in [0.4, 0.5) is 0 Å². The van der Waals surface area contributed by atoms with Gasteiger partial charge in [-0.25, -0.2) is 0 Å². The third-order valence-corrected chi connectivity index (χ3v) is 1.95. The van der Waals surface area contributed by atoms with Crippen LogP contribution in [0, 0.1) is 0 Å². The molecule has 1 aliphatic rings. The second-order valence-corrected chi connectivity index (χ2v) is 2.81. The molecule has 0 saturated heterocycles. The third-order valence-electron chi connectivity index (χ3n) is 1.95. The molecule has 0 radical (unpaired) electrons. The monoisotopic (exact) mass is 157 g/mol. The topological polar surface area (TPSA) is 15.8 Å². The van der Waals surface area contributed by atoms with Crippen molar-refractivity contribution < 1.29 is 0 Å². The first-order valence-corrected chi connectivity index (χ1v) is 4.12. The molecule has 0 bridgehead atoms. The molecule has 60 valence electrons. The van der Waals surface area contributed by atoms with Crippen molar-refractivity contribution in [1.29, 1.82) is 0 Å². The van der Waals surface area contributed by atoms with Gasteiger partial charge in [-0.05, 0) is 12.1 Å². The molecule has 0 aliphatic heterocycles. The first-order valence-electron chi connectivity index (χ1n) is 4.12. The molecular formula is C11H11N. The van der Waals surface area contributed by atoms with E-state index in [1.165, 1.54) is 5.69 Å². The van der Waals surface area contributed by atoms with E-state index in [0.717, 1.165) is 0 Å². The van der Waals surface area contributed by atoms with Crippen molar-refractivity contribution in [1.82, 2.24) is 4.98 Å². The van der Waals surface area contributed by atoms with Crippen molar-refractivity contribution in [2.45, 2.75) is 5.92 Å². The first-order chi connectivity index (χ1) is 5.97. The second-order valence-electron chi connectivity index (χ2n) is 2.81. The summed E-state index contributed by atoms with van der Waals surface area (Å²) >= 11 is 0. The summed E-state index contributed by atoms with van der Waals surface area (Å²) in [5, 5.41) is 0. The number of rotatable bonds is 1. The molecule has 0 unspecified atom stereocenters. The quantitative estimate of drug-likeness (QED) is 0.645. The van der Waals surface area contributed by atoms with Gasteiger partial charge < -0.3 is 4.98 Å². The maximum absolute atomic E-state index is 3.20. The van der Waals surface area contributed by atoms with Crippen molar-refractivity contribution in [3.05, 3.63) is 60.5 Å². The molecule has 0 spiro atoms. The molecule has 1 aromatic rings. The van der Waals surface area contributed by atoms with Gasteiger partial charge in [0.05, 0.1) is 0 Å². The summed E-state index contributed by atoms with van der Waals surface area (Å²) < 4.78 is 0. The average molecular weight is 157 g/mol. The zero-order valence-electron chi connectivity index (χ0n) is 6.77. The van der Waals surface area contributed by atoms with E-state index < -0.39 is 0 Å². The third kappa shape index (κ3) is 1.40. The van der Waals surface area contributed by atoms with Crippen LogP contribution in [-0.4, -0.2) is 4.98 Å². The fourth-order valence-electron chi connectivity index (χ4n) is 1.32. The molecule has 2 rings (SSSR count). The van der Waals surface area contributed by atoms with Gasteiger partial charge >= 0.3 is 0 Å². The molecule has 1 heteroatoms. The summed E-state index contributed by atoms with van der Waals surface area (Å²) in [6, 6.07) is 4.12. The molecule has 0 fully saturated rings. The highest BCUT2D eigenvalue weighted by molar-refractivity contribution is 5.29. The van der Waals surface area contributed by atoms with E-state index in [9.17, 15) is 0 Å². The van der Waals surface area contributed by atoms with Crippen molar-refractivity contribution in [3.8, 4) is 0 Å². The van der Waals surface area contributed by atoms with Crippen LogP contribution in [0.25, 0.3) is 0 Å². The summed E-state index contributed by atoms with van der Waals surface area (Å²) in [5.74, 6) is 0.398. The highest BCUT2D eigenvalue weighted by atomic mass is 14.7. The molecule has 0 saturated carbocycles. The fourth-order valence-corrected chi connectivity index (χ4v) is 1.32. The average Bonchev–Trinajstić information content (AvgIpc) is 2.48. The maximum Gasteiger partial charge on any atom is 0.0356 e. The molecule has 0 amide bonds. The summed E-state index contributed by atoms with van der Waals surface area (Å²) in [5.41, 5.74) is 1.24. The van der Waals surface area contributed by atoms with Gasteiger partial charge in [-0.15, -0.1) is 0 Å². The Kier molecular flexibility index (Phi) is 1.95. The van der Waals surface area contributed by atoms with Crippen molar-refractivity contribution in [3.63, 3.8) is 0 Å². The lowest BCUT2D eigenvalue weighted by Crippen LogP contribution is -1.89. The summed E-state index contributed by atoms with van der Waals surface area (Å²) in [4.78, 5) is 3.20. The van der Waals surface area contributed by atoms with Crippen LogP contribution in [0.15, 0.2) is 54.8 Å². The largest absolute Gasteiger partial charge is 0.364 e. The summed E-state index contributed by atoms with van der Waals surface area (Å²) in [7, 11) is 0. The zero-order chi connectivity index (χ0) is 8.23. The number of nitrogens with one attached hydrogen (secondary N) is 1. The van der Waals surface area contributed by atoms with Gasteiger partial charge in [0.1, 0.15) is 0 Å². The van der Waals surface area contributed by atoms with Crippen LogP contribution in [-0.2, 0) is 0 Å². The molecular weight excluding hydrogens is 146 g/mol. The highest BCUT2D eigenvalue weighted by Gasteiger charge is 2.03. The normalized spacial score (nSPS) is 16.7. The molecule has 1 heterocycles. The molecule has 1 nitrogen and oxygen atoms in total. The van der Waals surface area contributed by atoms with Gasteiger partial charge in [0, 0.05) is 17.8 Å². The molecule has 1 aliphatic carbocycles. The van der Waals surface area contributed by atoms with E-state index in [1.807, 2.05) is 24.4 Å². The summed E-state index contributed by atoms with van der Waals surface area (Å²) in [6.07, 6.45) is 14.5. The lowest BCUT2D eigenvalue weighted by Gasteiger charge is -2.02. The van der Waals surface area contributed by atoms with E-state index in [-0.39, 0.29) is 0 Å². The van der Waals surface area contributed by atoms with Gasteiger partial charge in [0.15, 0.2) is 0 Å². The Balaban J connectivity index is 2.25. The van der Waals surface area contributed by atoms with Crippen molar-refractivity contribution >= 4 is 0 Å². The van der Waals surface area contributed by atoms with Crippen LogP contribution in [0.1, 0.15) is 11.6 Å². The van der Waals surface area contributed by atoms with E-state index >= 15 is 0 Å². The first kappa shape index (κ1) is 7.17. The van der Waals surface area contributed by atoms with E-state index in [1.54, 1.807) is 0 Å². The number of allylic oxidation sites excluding steroid dienone is 6. The van der Waals surface area contributed by atoms with Crippen molar-refractivity contribution in [2.24, 2.45) is 0 Å². The Morgan fingerprint density at radius 1 is 1.00 bits per heavy atom. The predicted molar refractivity (Wildman–Crippen MR) is 51.0 cm³/mol. The Morgan fingerprint density at radius 2 is 1.75 bits per heavy atom. The van der Waals surface area contributed by atoms with Gasteiger partial charge in [-0.1, -0.05) is 36.5 Å². The summed E-state index contributed by atoms with van der Waals surface area (Å²) in [6.45, 7) is 0. The van der Waals surface area contributed by atoms with E-state index in [4.69, 9.17) is 0 Å². The standard InChI is InChI=1S/C11H11N/c1-2-4-7-10(6-3-1)11-8-5-9-12-11/h1-10,12H. The molecule has 1 aromatic heterocycles. The van der Waals surface area contributed by atoms with Crippen LogP contribution in [0.5, 0.6) is 0 Å². The minimum Gasteiger partial charge on any atom is -0.364 e.